The van der Waals surface area contributed by atoms with Crippen LogP contribution >= 0.6 is 12.4 Å². The molecule has 3 N–H and O–H groups in total. The van der Waals surface area contributed by atoms with Gasteiger partial charge in [0, 0.05) is 12.5 Å². The van der Waals surface area contributed by atoms with E-state index < -0.39 is 0 Å². The van der Waals surface area contributed by atoms with E-state index in [9.17, 15) is 9.59 Å². The molecule has 0 aromatic rings. The van der Waals surface area contributed by atoms with E-state index in [0.717, 1.165) is 38.8 Å². The molecule has 0 radical (unpaired) electrons. The van der Waals surface area contributed by atoms with Crippen LogP contribution in [0.3, 0.4) is 0 Å². The first-order chi connectivity index (χ1) is 8.24. The molecule has 5 nitrogen and oxygen atoms in total. The maximum atomic E-state index is 11.5. The number of nitrogens with one attached hydrogen (secondary N) is 3. The monoisotopic (exact) mass is 275 g/mol. The van der Waals surface area contributed by atoms with Crippen LogP contribution in [0.4, 0.5) is 0 Å². The van der Waals surface area contributed by atoms with Crippen molar-refractivity contribution in [2.45, 2.75) is 38.1 Å². The second-order valence-corrected chi connectivity index (χ2v) is 5.02. The van der Waals surface area contributed by atoms with Gasteiger partial charge in [0.25, 0.3) is 0 Å². The van der Waals surface area contributed by atoms with Crippen molar-refractivity contribution in [3.8, 4) is 0 Å². The zero-order valence-electron chi connectivity index (χ0n) is 10.5. The molecule has 2 rings (SSSR count). The van der Waals surface area contributed by atoms with Crippen LogP contribution in [-0.2, 0) is 9.59 Å². The summed E-state index contributed by atoms with van der Waals surface area (Å²) in [7, 11) is 0. The smallest absolute Gasteiger partial charge is 0.239 e. The summed E-state index contributed by atoms with van der Waals surface area (Å²) in [5, 5.41) is 8.79. The van der Waals surface area contributed by atoms with E-state index in [1.807, 2.05) is 0 Å². The van der Waals surface area contributed by atoms with Crippen LogP contribution < -0.4 is 16.0 Å². The van der Waals surface area contributed by atoms with E-state index in [2.05, 4.69) is 16.0 Å². The van der Waals surface area contributed by atoms with Crippen molar-refractivity contribution in [2.75, 3.05) is 19.6 Å². The molecule has 0 bridgehead atoms. The minimum absolute atomic E-state index is 0. The predicted octanol–water partition coefficient (Wildman–Crippen LogP) is 0.193. The van der Waals surface area contributed by atoms with E-state index >= 15 is 0 Å². The summed E-state index contributed by atoms with van der Waals surface area (Å²) >= 11 is 0. The lowest BCUT2D eigenvalue weighted by Crippen LogP contribution is -2.37. The molecule has 1 aliphatic carbocycles. The quantitative estimate of drug-likeness (QED) is 0.648. The van der Waals surface area contributed by atoms with Crippen molar-refractivity contribution in [3.05, 3.63) is 0 Å². The number of rotatable bonds is 6. The molecule has 0 aromatic carbocycles. The summed E-state index contributed by atoms with van der Waals surface area (Å²) in [6.45, 7) is 2.21. The summed E-state index contributed by atoms with van der Waals surface area (Å²) in [5.41, 5.74) is 0. The molecule has 1 unspecified atom stereocenters. The molecular weight excluding hydrogens is 254 g/mol. The van der Waals surface area contributed by atoms with Gasteiger partial charge in [-0.25, -0.2) is 0 Å². The van der Waals surface area contributed by atoms with Gasteiger partial charge in [-0.15, -0.1) is 12.4 Å². The van der Waals surface area contributed by atoms with Crippen molar-refractivity contribution in [3.63, 3.8) is 0 Å². The Morgan fingerprint density at radius 2 is 1.94 bits per heavy atom. The van der Waals surface area contributed by atoms with E-state index in [4.69, 9.17) is 0 Å². The predicted molar refractivity (Wildman–Crippen MR) is 71.6 cm³/mol. The number of carbonyl (C=O) groups is 2. The zero-order valence-corrected chi connectivity index (χ0v) is 11.4. The van der Waals surface area contributed by atoms with Crippen molar-refractivity contribution in [2.24, 2.45) is 5.92 Å². The standard InChI is InChI=1S/C12H21N3O2.ClH/c16-11(4-1-9-5-6-13-7-9)14-8-12(17)15-10-2-3-10;/h9-10,13H,1-8H2,(H,14,16)(H,15,17);1H. The largest absolute Gasteiger partial charge is 0.352 e. The fourth-order valence-corrected chi connectivity index (χ4v) is 2.07. The molecule has 1 saturated heterocycles. The Morgan fingerprint density at radius 3 is 2.56 bits per heavy atom. The van der Waals surface area contributed by atoms with Gasteiger partial charge in [0.2, 0.25) is 11.8 Å². The van der Waals surface area contributed by atoms with E-state index in [1.165, 1.54) is 0 Å². The number of halogens is 1. The Labute approximate surface area is 114 Å². The normalized spacial score (nSPS) is 22.1. The highest BCUT2D eigenvalue weighted by Crippen LogP contribution is 2.18. The lowest BCUT2D eigenvalue weighted by atomic mass is 10.0. The van der Waals surface area contributed by atoms with Crippen molar-refractivity contribution in [1.29, 1.82) is 0 Å². The first-order valence-electron chi connectivity index (χ1n) is 6.51. The summed E-state index contributed by atoms with van der Waals surface area (Å²) < 4.78 is 0. The van der Waals surface area contributed by atoms with E-state index in [1.54, 1.807) is 0 Å². The topological polar surface area (TPSA) is 70.2 Å². The lowest BCUT2D eigenvalue weighted by molar-refractivity contribution is -0.126. The van der Waals surface area contributed by atoms with Gasteiger partial charge < -0.3 is 16.0 Å². The van der Waals surface area contributed by atoms with Gasteiger partial charge in [0.05, 0.1) is 6.54 Å². The molecule has 1 aliphatic heterocycles. The molecule has 2 amide bonds. The zero-order chi connectivity index (χ0) is 12.1. The molecule has 0 spiro atoms. The third kappa shape index (κ3) is 5.69. The van der Waals surface area contributed by atoms with Crippen LogP contribution in [0.1, 0.15) is 32.1 Å². The Morgan fingerprint density at radius 1 is 1.17 bits per heavy atom. The van der Waals surface area contributed by atoms with Crippen molar-refractivity contribution in [1.82, 2.24) is 16.0 Å². The van der Waals surface area contributed by atoms with Gasteiger partial charge in [0.1, 0.15) is 0 Å². The van der Waals surface area contributed by atoms with Gasteiger partial charge in [-0.1, -0.05) is 0 Å². The molecule has 6 heteroatoms. The third-order valence-electron chi connectivity index (χ3n) is 3.33. The van der Waals surface area contributed by atoms with Gasteiger partial charge in [0.15, 0.2) is 0 Å². The summed E-state index contributed by atoms with van der Waals surface area (Å²) in [4.78, 5) is 22.8. The Bertz CT molecular complexity index is 289. The first-order valence-corrected chi connectivity index (χ1v) is 6.51. The third-order valence-corrected chi connectivity index (χ3v) is 3.33. The molecule has 0 aromatic heterocycles. The minimum Gasteiger partial charge on any atom is -0.352 e. The average Bonchev–Trinajstić information content (AvgIpc) is 2.96. The van der Waals surface area contributed by atoms with Gasteiger partial charge in [-0.2, -0.15) is 0 Å². The lowest BCUT2D eigenvalue weighted by Gasteiger charge is -2.08. The van der Waals surface area contributed by atoms with E-state index in [0.29, 0.717) is 18.4 Å². The maximum absolute atomic E-state index is 11.5. The number of amides is 2. The highest BCUT2D eigenvalue weighted by Gasteiger charge is 2.23. The molecule has 2 fully saturated rings. The van der Waals surface area contributed by atoms with Gasteiger partial charge in [-0.05, 0) is 44.7 Å². The van der Waals surface area contributed by atoms with Crippen LogP contribution in [0.25, 0.3) is 0 Å². The van der Waals surface area contributed by atoms with Crippen LogP contribution in [0, 0.1) is 5.92 Å². The van der Waals surface area contributed by atoms with Crippen LogP contribution in [0.5, 0.6) is 0 Å². The number of carbonyl (C=O) groups excluding carboxylic acids is 2. The maximum Gasteiger partial charge on any atom is 0.239 e. The highest BCUT2D eigenvalue weighted by atomic mass is 35.5. The molecule has 1 atom stereocenters. The minimum atomic E-state index is -0.0663. The Hall–Kier alpha value is -0.810. The highest BCUT2D eigenvalue weighted by molar-refractivity contribution is 5.85. The molecular formula is C12H22ClN3O2. The second kappa shape index (κ2) is 7.59. The summed E-state index contributed by atoms with van der Waals surface area (Å²) in [6, 6.07) is 0.365. The molecule has 2 aliphatic rings. The van der Waals surface area contributed by atoms with Crippen LogP contribution in [-0.4, -0.2) is 37.5 Å². The summed E-state index contributed by atoms with van der Waals surface area (Å²) in [6.07, 6.45) is 4.77. The van der Waals surface area contributed by atoms with Gasteiger partial charge in [-0.3, -0.25) is 9.59 Å². The van der Waals surface area contributed by atoms with Gasteiger partial charge >= 0.3 is 0 Å². The second-order valence-electron chi connectivity index (χ2n) is 5.02. The number of hydrogen-bond acceptors (Lipinski definition) is 3. The Kier molecular flexibility index (Phi) is 6.43. The molecule has 18 heavy (non-hydrogen) atoms. The number of hydrogen-bond donors (Lipinski definition) is 3. The SMILES string of the molecule is Cl.O=C(CCC1CCNC1)NCC(=O)NC1CC1. The fourth-order valence-electron chi connectivity index (χ4n) is 2.07. The molecule has 1 saturated carbocycles. The van der Waals surface area contributed by atoms with Crippen molar-refractivity contribution < 1.29 is 9.59 Å². The van der Waals surface area contributed by atoms with Crippen LogP contribution in [0.15, 0.2) is 0 Å². The first kappa shape index (κ1) is 15.2. The fraction of sp³-hybridized carbons (Fsp3) is 0.833. The summed E-state index contributed by atoms with van der Waals surface area (Å²) in [5.74, 6) is 0.548. The molecule has 104 valence electrons. The van der Waals surface area contributed by atoms with Crippen molar-refractivity contribution >= 4 is 24.2 Å². The van der Waals surface area contributed by atoms with E-state index in [-0.39, 0.29) is 30.8 Å². The molecule has 1 heterocycles. The average molecular weight is 276 g/mol. The van der Waals surface area contributed by atoms with Crippen LogP contribution in [0.2, 0.25) is 0 Å². The Balaban J connectivity index is 0.00000162.